The summed E-state index contributed by atoms with van der Waals surface area (Å²) in [6.45, 7) is 1.86. The predicted octanol–water partition coefficient (Wildman–Crippen LogP) is 1.98. The van der Waals surface area contributed by atoms with Crippen LogP contribution in [-0.4, -0.2) is 11.8 Å². The first kappa shape index (κ1) is 20.1. The minimum absolute atomic E-state index is 0. The number of anilines is 1. The van der Waals surface area contributed by atoms with Crippen molar-refractivity contribution in [1.82, 2.24) is 5.43 Å². The molecule has 8 heteroatoms. The van der Waals surface area contributed by atoms with Crippen molar-refractivity contribution in [3.05, 3.63) is 51.9 Å². The van der Waals surface area contributed by atoms with Crippen LogP contribution in [0.2, 0.25) is 0 Å². The number of nitrogens with one attached hydrogen (secondary N) is 2. The number of hydrogen-bond donors (Lipinski definition) is 4. The van der Waals surface area contributed by atoms with Crippen LogP contribution >= 0.6 is 23.7 Å². The third kappa shape index (κ3) is 5.31. The molecule has 0 aliphatic heterocycles. The molecule has 2 rings (SSSR count). The fourth-order valence-electron chi connectivity index (χ4n) is 2.30. The molecule has 0 aliphatic rings. The maximum Gasteiger partial charge on any atom is 0.265 e. The van der Waals surface area contributed by atoms with Crippen LogP contribution in [0.3, 0.4) is 0 Å². The van der Waals surface area contributed by atoms with Gasteiger partial charge in [-0.05, 0) is 48.2 Å². The van der Waals surface area contributed by atoms with Crippen molar-refractivity contribution in [1.29, 1.82) is 0 Å². The summed E-state index contributed by atoms with van der Waals surface area (Å²) in [6.07, 6.45) is 1.66. The van der Waals surface area contributed by atoms with Crippen LogP contribution in [-0.2, 0) is 24.2 Å². The SMILES string of the molecule is CC(=O)Nc1ccc(CCc2ccc(C(=O)NN)cc2CN)s1.Cl. The van der Waals surface area contributed by atoms with E-state index in [0.717, 1.165) is 29.0 Å². The van der Waals surface area contributed by atoms with E-state index in [2.05, 4.69) is 10.7 Å². The minimum atomic E-state index is -0.329. The first-order valence-corrected chi connectivity index (χ1v) is 8.04. The molecule has 0 spiro atoms. The Kier molecular flexibility index (Phi) is 7.87. The molecular weight excluding hydrogens is 348 g/mol. The van der Waals surface area contributed by atoms with Crippen LogP contribution < -0.4 is 22.3 Å². The fraction of sp³-hybridized carbons (Fsp3) is 0.250. The van der Waals surface area contributed by atoms with Gasteiger partial charge in [0.05, 0.1) is 5.00 Å². The Hall–Kier alpha value is -1.93. The lowest BCUT2D eigenvalue weighted by Crippen LogP contribution is -2.30. The molecule has 1 aromatic carbocycles. The number of halogens is 1. The summed E-state index contributed by atoms with van der Waals surface area (Å²) in [5.41, 5.74) is 10.4. The molecule has 0 aliphatic carbocycles. The van der Waals surface area contributed by atoms with E-state index in [4.69, 9.17) is 11.6 Å². The molecule has 1 aromatic heterocycles. The number of thiophene rings is 1. The summed E-state index contributed by atoms with van der Waals surface area (Å²) in [6, 6.07) is 9.34. The third-order valence-electron chi connectivity index (χ3n) is 3.42. The minimum Gasteiger partial charge on any atom is -0.326 e. The topological polar surface area (TPSA) is 110 Å². The fourth-order valence-corrected chi connectivity index (χ4v) is 3.25. The zero-order valence-electron chi connectivity index (χ0n) is 13.3. The summed E-state index contributed by atoms with van der Waals surface area (Å²) in [5.74, 6) is 4.74. The molecule has 0 unspecified atom stereocenters. The van der Waals surface area contributed by atoms with Crippen molar-refractivity contribution >= 4 is 40.6 Å². The number of carbonyl (C=O) groups excluding carboxylic acids is 2. The average Bonchev–Trinajstić information content (AvgIpc) is 2.98. The van der Waals surface area contributed by atoms with Gasteiger partial charge in [-0.1, -0.05) is 6.07 Å². The highest BCUT2D eigenvalue weighted by Crippen LogP contribution is 2.24. The molecule has 0 radical (unpaired) electrons. The normalized spacial score (nSPS) is 9.96. The molecule has 6 nitrogen and oxygen atoms in total. The summed E-state index contributed by atoms with van der Waals surface area (Å²) in [4.78, 5) is 23.8. The Bertz CT molecular complexity index is 718. The molecule has 0 saturated carbocycles. The van der Waals surface area contributed by atoms with Crippen molar-refractivity contribution < 1.29 is 9.59 Å². The second-order valence-corrected chi connectivity index (χ2v) is 6.28. The summed E-state index contributed by atoms with van der Waals surface area (Å²) in [5, 5.41) is 3.62. The van der Waals surface area contributed by atoms with Gasteiger partial charge >= 0.3 is 0 Å². The molecule has 130 valence electrons. The van der Waals surface area contributed by atoms with Crippen LogP contribution in [0.5, 0.6) is 0 Å². The monoisotopic (exact) mass is 368 g/mol. The Labute approximate surface area is 151 Å². The molecule has 24 heavy (non-hydrogen) atoms. The van der Waals surface area contributed by atoms with Crippen molar-refractivity contribution in [2.45, 2.75) is 26.3 Å². The van der Waals surface area contributed by atoms with E-state index in [9.17, 15) is 9.59 Å². The number of rotatable bonds is 6. The van der Waals surface area contributed by atoms with Gasteiger partial charge in [-0.25, -0.2) is 5.84 Å². The van der Waals surface area contributed by atoms with Crippen molar-refractivity contribution in [3.8, 4) is 0 Å². The van der Waals surface area contributed by atoms with Gasteiger partial charge in [0, 0.05) is 23.9 Å². The zero-order valence-corrected chi connectivity index (χ0v) is 14.9. The number of hydrazine groups is 1. The van der Waals surface area contributed by atoms with Crippen molar-refractivity contribution in [2.24, 2.45) is 11.6 Å². The lowest BCUT2D eigenvalue weighted by molar-refractivity contribution is -0.114. The van der Waals surface area contributed by atoms with E-state index in [1.54, 1.807) is 23.5 Å². The maximum absolute atomic E-state index is 11.6. The predicted molar refractivity (Wildman–Crippen MR) is 99.3 cm³/mol. The van der Waals surface area contributed by atoms with Crippen LogP contribution in [0.25, 0.3) is 0 Å². The van der Waals surface area contributed by atoms with Gasteiger partial charge in [-0.2, -0.15) is 0 Å². The van der Waals surface area contributed by atoms with Crippen LogP contribution in [0, 0.1) is 0 Å². The quantitative estimate of drug-likeness (QED) is 0.355. The molecular formula is C16H21ClN4O2S. The standard InChI is InChI=1S/C16H20N4O2S.ClH/c1-10(21)19-15-7-6-14(23-15)5-4-11-2-3-12(16(22)20-18)8-13(11)9-17;/h2-3,6-8H,4-5,9,17-18H2,1H3,(H,19,21)(H,20,22);1H. The Morgan fingerprint density at radius 2 is 1.88 bits per heavy atom. The highest BCUT2D eigenvalue weighted by molar-refractivity contribution is 7.16. The summed E-state index contributed by atoms with van der Waals surface area (Å²) in [7, 11) is 0. The number of carbonyl (C=O) groups is 2. The van der Waals surface area contributed by atoms with Gasteiger partial charge in [-0.3, -0.25) is 15.0 Å². The largest absolute Gasteiger partial charge is 0.326 e. The van der Waals surface area contributed by atoms with Crippen LogP contribution in [0.15, 0.2) is 30.3 Å². The van der Waals surface area contributed by atoms with E-state index < -0.39 is 0 Å². The molecule has 0 atom stereocenters. The average molecular weight is 369 g/mol. The summed E-state index contributed by atoms with van der Waals surface area (Å²) >= 11 is 1.56. The molecule has 0 saturated heterocycles. The van der Waals surface area contributed by atoms with Crippen LogP contribution in [0.4, 0.5) is 5.00 Å². The number of aryl methyl sites for hydroxylation is 2. The smallest absolute Gasteiger partial charge is 0.265 e. The van der Waals surface area contributed by atoms with E-state index in [0.29, 0.717) is 12.1 Å². The second kappa shape index (κ2) is 9.39. The molecule has 2 amide bonds. The Balaban J connectivity index is 0.00000288. The first-order valence-electron chi connectivity index (χ1n) is 7.22. The van der Waals surface area contributed by atoms with Gasteiger partial charge in [-0.15, -0.1) is 23.7 Å². The summed E-state index contributed by atoms with van der Waals surface area (Å²) < 4.78 is 0. The molecule has 0 bridgehead atoms. The van der Waals surface area contributed by atoms with Crippen molar-refractivity contribution in [2.75, 3.05) is 5.32 Å². The zero-order chi connectivity index (χ0) is 16.8. The Morgan fingerprint density at radius 3 is 2.50 bits per heavy atom. The van der Waals surface area contributed by atoms with E-state index >= 15 is 0 Å². The van der Waals surface area contributed by atoms with Crippen LogP contribution in [0.1, 0.15) is 33.3 Å². The third-order valence-corrected chi connectivity index (χ3v) is 4.48. The molecule has 2 aromatic rings. The van der Waals surface area contributed by atoms with Gasteiger partial charge in [0.2, 0.25) is 5.91 Å². The highest BCUT2D eigenvalue weighted by Gasteiger charge is 2.09. The number of nitrogens with two attached hydrogens (primary N) is 2. The maximum atomic E-state index is 11.6. The number of hydrogen-bond acceptors (Lipinski definition) is 5. The molecule has 0 fully saturated rings. The number of nitrogen functional groups attached to an aromatic ring is 1. The lowest BCUT2D eigenvalue weighted by atomic mass is 9.99. The number of benzene rings is 1. The molecule has 6 N–H and O–H groups in total. The lowest BCUT2D eigenvalue weighted by Gasteiger charge is -2.09. The van der Waals surface area contributed by atoms with Gasteiger partial charge in [0.1, 0.15) is 0 Å². The van der Waals surface area contributed by atoms with Gasteiger partial charge < -0.3 is 11.1 Å². The van der Waals surface area contributed by atoms with Gasteiger partial charge in [0.25, 0.3) is 5.91 Å². The number of amides is 2. The second-order valence-electron chi connectivity index (χ2n) is 5.11. The van der Waals surface area contributed by atoms with E-state index in [1.807, 2.05) is 18.2 Å². The van der Waals surface area contributed by atoms with Gasteiger partial charge in [0.15, 0.2) is 0 Å². The first-order chi connectivity index (χ1) is 11.0. The van der Waals surface area contributed by atoms with E-state index in [-0.39, 0.29) is 24.2 Å². The molecule has 1 heterocycles. The highest BCUT2D eigenvalue weighted by atomic mass is 35.5. The van der Waals surface area contributed by atoms with Crippen molar-refractivity contribution in [3.63, 3.8) is 0 Å². The van der Waals surface area contributed by atoms with E-state index in [1.165, 1.54) is 11.8 Å². The Morgan fingerprint density at radius 1 is 1.12 bits per heavy atom.